The first-order valence-corrected chi connectivity index (χ1v) is 8.12. The summed E-state index contributed by atoms with van der Waals surface area (Å²) in [6.45, 7) is 3.11. The van der Waals surface area contributed by atoms with Gasteiger partial charge in [0.25, 0.3) is 0 Å². The predicted molar refractivity (Wildman–Crippen MR) is 87.0 cm³/mol. The molecular weight excluding hydrogens is 308 g/mol. The highest BCUT2D eigenvalue weighted by atomic mass is 16.5. The van der Waals surface area contributed by atoms with Crippen molar-refractivity contribution in [2.45, 2.75) is 19.6 Å². The fraction of sp³-hybridized carbons (Fsp3) is 0.471. The van der Waals surface area contributed by atoms with Crippen molar-refractivity contribution in [2.24, 2.45) is 11.8 Å². The lowest BCUT2D eigenvalue weighted by molar-refractivity contribution is 0.0697. The third-order valence-corrected chi connectivity index (χ3v) is 4.85. The molecule has 2 aromatic rings. The van der Waals surface area contributed by atoms with Crippen LogP contribution in [0.1, 0.15) is 28.0 Å². The van der Waals surface area contributed by atoms with Gasteiger partial charge in [0.1, 0.15) is 5.82 Å². The van der Waals surface area contributed by atoms with Crippen LogP contribution in [0, 0.1) is 11.8 Å². The molecule has 0 radical (unpaired) electrons. The molecule has 0 bridgehead atoms. The van der Waals surface area contributed by atoms with Crippen LogP contribution < -0.4 is 4.90 Å². The van der Waals surface area contributed by atoms with E-state index in [9.17, 15) is 4.79 Å². The molecule has 1 N–H and O–H groups in total. The van der Waals surface area contributed by atoms with E-state index in [1.165, 1.54) is 18.8 Å². The lowest BCUT2D eigenvalue weighted by Gasteiger charge is -2.20. The van der Waals surface area contributed by atoms with Gasteiger partial charge in [0.15, 0.2) is 0 Å². The lowest BCUT2D eigenvalue weighted by Crippen LogP contribution is -2.23. The van der Waals surface area contributed by atoms with Crippen molar-refractivity contribution in [3.05, 3.63) is 41.3 Å². The Morgan fingerprint density at radius 1 is 1.38 bits per heavy atom. The summed E-state index contributed by atoms with van der Waals surface area (Å²) in [5.74, 6) is 1.75. The molecule has 7 heteroatoms. The normalized spacial score (nSPS) is 21.8. The van der Waals surface area contributed by atoms with Crippen LogP contribution in [0.25, 0.3) is 0 Å². The molecule has 1 saturated carbocycles. The maximum Gasteiger partial charge on any atom is 0.338 e. The van der Waals surface area contributed by atoms with Crippen LogP contribution in [0.15, 0.2) is 24.5 Å². The first-order chi connectivity index (χ1) is 11.6. The Kier molecular flexibility index (Phi) is 3.72. The number of fused-ring (bicyclic) bond motifs is 1. The molecule has 1 aliphatic heterocycles. The van der Waals surface area contributed by atoms with Crippen LogP contribution in [-0.2, 0) is 17.9 Å². The number of nitrogens with zero attached hydrogens (tertiary/aromatic N) is 4. The second kappa shape index (κ2) is 5.90. The van der Waals surface area contributed by atoms with E-state index in [4.69, 9.17) is 14.8 Å². The van der Waals surface area contributed by atoms with E-state index in [0.29, 0.717) is 13.2 Å². The number of methoxy groups -OCH3 is 1. The zero-order chi connectivity index (χ0) is 16.7. The second-order valence-electron chi connectivity index (χ2n) is 6.60. The molecule has 7 nitrogen and oxygen atoms in total. The number of hydrogen-bond acceptors (Lipinski definition) is 5. The number of carboxylic acids is 1. The summed E-state index contributed by atoms with van der Waals surface area (Å²) < 4.78 is 6.91. The molecule has 2 fully saturated rings. The first kappa shape index (κ1) is 15.1. The molecule has 1 aliphatic carbocycles. The fourth-order valence-electron chi connectivity index (χ4n) is 3.42. The highest BCUT2D eigenvalue weighted by Gasteiger charge is 2.45. The molecule has 2 aromatic heterocycles. The topological polar surface area (TPSA) is 80.5 Å². The quantitative estimate of drug-likeness (QED) is 0.868. The maximum atomic E-state index is 11.0. The molecule has 24 heavy (non-hydrogen) atoms. The van der Waals surface area contributed by atoms with E-state index in [1.807, 2.05) is 12.1 Å². The Balaban J connectivity index is 1.55. The predicted octanol–water partition coefficient (Wildman–Crippen LogP) is 1.63. The molecule has 0 spiro atoms. The Morgan fingerprint density at radius 3 is 2.83 bits per heavy atom. The van der Waals surface area contributed by atoms with Crippen LogP contribution in [0.3, 0.4) is 0 Å². The molecular formula is C17H20N4O3. The standard InChI is InChI=1S/C17H20N4O3/c1-24-10-15-11(8-21-9-14(5-18-21)17(22)23)2-3-16(19-15)20-6-12-4-13(12)7-20/h2-3,5,9,12-13H,4,6-8,10H2,1H3,(H,22,23). The summed E-state index contributed by atoms with van der Waals surface area (Å²) in [7, 11) is 1.65. The van der Waals surface area contributed by atoms with Crippen LogP contribution in [0.2, 0.25) is 0 Å². The Labute approximate surface area is 139 Å². The number of aromatic nitrogens is 3. The van der Waals surface area contributed by atoms with Gasteiger partial charge >= 0.3 is 5.97 Å². The molecule has 2 atom stereocenters. The van der Waals surface area contributed by atoms with Gasteiger partial charge in [-0.2, -0.15) is 5.10 Å². The van der Waals surface area contributed by atoms with Crippen LogP contribution >= 0.6 is 0 Å². The number of piperidine rings is 1. The highest BCUT2D eigenvalue weighted by Crippen LogP contribution is 2.45. The van der Waals surface area contributed by atoms with Crippen molar-refractivity contribution >= 4 is 11.8 Å². The average molecular weight is 328 g/mol. The summed E-state index contributed by atoms with van der Waals surface area (Å²) in [6, 6.07) is 4.09. The molecule has 4 rings (SSSR count). The van der Waals surface area contributed by atoms with Crippen molar-refractivity contribution in [3.63, 3.8) is 0 Å². The van der Waals surface area contributed by atoms with E-state index in [2.05, 4.69) is 10.00 Å². The summed E-state index contributed by atoms with van der Waals surface area (Å²) in [6.07, 6.45) is 4.25. The SMILES string of the molecule is COCc1nc(N2CC3CC3C2)ccc1Cn1cc(C(=O)O)cn1. The van der Waals surface area contributed by atoms with Crippen LogP contribution in [0.5, 0.6) is 0 Å². The molecule has 2 aliphatic rings. The smallest absolute Gasteiger partial charge is 0.338 e. The third-order valence-electron chi connectivity index (χ3n) is 4.85. The van der Waals surface area contributed by atoms with Crippen molar-refractivity contribution in [3.8, 4) is 0 Å². The van der Waals surface area contributed by atoms with Gasteiger partial charge in [-0.05, 0) is 29.9 Å². The average Bonchev–Trinajstić information content (AvgIpc) is 2.98. The number of aromatic carboxylic acids is 1. The summed E-state index contributed by atoms with van der Waals surface area (Å²) in [5.41, 5.74) is 2.05. The monoisotopic (exact) mass is 328 g/mol. The molecule has 0 amide bonds. The van der Waals surface area contributed by atoms with E-state index < -0.39 is 5.97 Å². The molecule has 0 aromatic carbocycles. The summed E-state index contributed by atoms with van der Waals surface area (Å²) >= 11 is 0. The number of anilines is 1. The van der Waals surface area contributed by atoms with E-state index in [0.717, 1.165) is 42.0 Å². The van der Waals surface area contributed by atoms with Gasteiger partial charge in [0.05, 0.1) is 30.6 Å². The lowest BCUT2D eigenvalue weighted by atomic mass is 10.2. The van der Waals surface area contributed by atoms with E-state index in [-0.39, 0.29) is 5.56 Å². The summed E-state index contributed by atoms with van der Waals surface area (Å²) in [5, 5.41) is 13.1. The van der Waals surface area contributed by atoms with Gasteiger partial charge in [-0.3, -0.25) is 4.68 Å². The Bertz CT molecular complexity index is 763. The zero-order valence-corrected chi connectivity index (χ0v) is 13.6. The van der Waals surface area contributed by atoms with Gasteiger partial charge in [0, 0.05) is 26.4 Å². The summed E-state index contributed by atoms with van der Waals surface area (Å²) in [4.78, 5) is 18.1. The van der Waals surface area contributed by atoms with E-state index >= 15 is 0 Å². The molecule has 126 valence electrons. The Morgan fingerprint density at radius 2 is 2.17 bits per heavy atom. The van der Waals surface area contributed by atoms with Crippen LogP contribution in [-0.4, -0.2) is 46.0 Å². The fourth-order valence-corrected chi connectivity index (χ4v) is 3.42. The highest BCUT2D eigenvalue weighted by molar-refractivity contribution is 5.86. The minimum Gasteiger partial charge on any atom is -0.478 e. The number of carboxylic acid groups (broad SMARTS) is 1. The zero-order valence-electron chi connectivity index (χ0n) is 13.6. The van der Waals surface area contributed by atoms with Gasteiger partial charge < -0.3 is 14.7 Å². The maximum absolute atomic E-state index is 11.0. The number of rotatable bonds is 6. The molecule has 3 heterocycles. The molecule has 2 unspecified atom stereocenters. The van der Waals surface area contributed by atoms with E-state index in [1.54, 1.807) is 11.8 Å². The first-order valence-electron chi connectivity index (χ1n) is 8.12. The van der Waals surface area contributed by atoms with Crippen molar-refractivity contribution in [1.29, 1.82) is 0 Å². The van der Waals surface area contributed by atoms with Gasteiger partial charge in [0.2, 0.25) is 0 Å². The van der Waals surface area contributed by atoms with Gasteiger partial charge in [-0.25, -0.2) is 9.78 Å². The van der Waals surface area contributed by atoms with Crippen molar-refractivity contribution < 1.29 is 14.6 Å². The van der Waals surface area contributed by atoms with Gasteiger partial charge in [-0.1, -0.05) is 6.07 Å². The van der Waals surface area contributed by atoms with Crippen molar-refractivity contribution in [1.82, 2.24) is 14.8 Å². The second-order valence-corrected chi connectivity index (χ2v) is 6.60. The number of ether oxygens (including phenoxy) is 1. The number of pyridine rings is 1. The number of hydrogen-bond donors (Lipinski definition) is 1. The number of carbonyl (C=O) groups is 1. The molecule has 1 saturated heterocycles. The minimum absolute atomic E-state index is 0.184. The third kappa shape index (κ3) is 2.87. The van der Waals surface area contributed by atoms with Gasteiger partial charge in [-0.15, -0.1) is 0 Å². The Hall–Kier alpha value is -2.41. The van der Waals surface area contributed by atoms with Crippen LogP contribution in [0.4, 0.5) is 5.82 Å². The minimum atomic E-state index is -0.973. The van der Waals surface area contributed by atoms with Crippen molar-refractivity contribution in [2.75, 3.05) is 25.1 Å². The largest absolute Gasteiger partial charge is 0.478 e.